The highest BCUT2D eigenvalue weighted by molar-refractivity contribution is 7.89. The molecular weight excluding hydrogens is 440 g/mol. The van der Waals surface area contributed by atoms with Gasteiger partial charge in [0.25, 0.3) is 0 Å². The van der Waals surface area contributed by atoms with E-state index in [0.717, 1.165) is 28.0 Å². The molecule has 0 spiro atoms. The van der Waals surface area contributed by atoms with Crippen LogP contribution in [0, 0.1) is 26.7 Å². The molecule has 2 aliphatic rings. The minimum atomic E-state index is -3.58. The van der Waals surface area contributed by atoms with Crippen LogP contribution in [0.2, 0.25) is 0 Å². The Labute approximate surface area is 196 Å². The van der Waals surface area contributed by atoms with Gasteiger partial charge >= 0.3 is 0 Å². The lowest BCUT2D eigenvalue weighted by Crippen LogP contribution is -2.43. The molecule has 2 aromatic rings. The SMILES string of the molecule is Cc1cc(C)c(S(=O)(=O)N2CCC(C(=O)N(C)Cc3ccc4c(c3)OCCO4)CC2)c(C)c1. The van der Waals surface area contributed by atoms with Crippen LogP contribution in [0.4, 0.5) is 0 Å². The van der Waals surface area contributed by atoms with Gasteiger partial charge < -0.3 is 14.4 Å². The van der Waals surface area contributed by atoms with Crippen molar-refractivity contribution in [2.45, 2.75) is 45.1 Å². The average Bonchev–Trinajstić information content (AvgIpc) is 2.77. The fourth-order valence-corrected chi connectivity index (χ4v) is 6.78. The van der Waals surface area contributed by atoms with Gasteiger partial charge in [0, 0.05) is 32.6 Å². The van der Waals surface area contributed by atoms with Crippen LogP contribution in [-0.2, 0) is 21.4 Å². The van der Waals surface area contributed by atoms with Gasteiger partial charge in [-0.25, -0.2) is 8.42 Å². The summed E-state index contributed by atoms with van der Waals surface area (Å²) in [6.07, 6.45) is 1.04. The molecule has 2 aliphatic heterocycles. The number of rotatable bonds is 5. The second kappa shape index (κ2) is 9.35. The zero-order valence-electron chi connectivity index (χ0n) is 19.8. The lowest BCUT2D eigenvalue weighted by Gasteiger charge is -2.33. The largest absolute Gasteiger partial charge is 0.486 e. The van der Waals surface area contributed by atoms with Gasteiger partial charge in [0.15, 0.2) is 11.5 Å². The molecule has 33 heavy (non-hydrogen) atoms. The molecule has 8 heteroatoms. The van der Waals surface area contributed by atoms with E-state index in [-0.39, 0.29) is 11.8 Å². The Bertz CT molecular complexity index is 1130. The van der Waals surface area contributed by atoms with Crippen LogP contribution in [0.15, 0.2) is 35.2 Å². The number of sulfonamides is 1. The van der Waals surface area contributed by atoms with E-state index in [9.17, 15) is 13.2 Å². The molecule has 0 radical (unpaired) electrons. The molecule has 0 saturated carbocycles. The smallest absolute Gasteiger partial charge is 0.243 e. The predicted molar refractivity (Wildman–Crippen MR) is 126 cm³/mol. The molecule has 2 heterocycles. The van der Waals surface area contributed by atoms with Gasteiger partial charge in [0.2, 0.25) is 15.9 Å². The van der Waals surface area contributed by atoms with Crippen LogP contribution in [0.1, 0.15) is 35.1 Å². The molecule has 1 saturated heterocycles. The fourth-order valence-electron chi connectivity index (χ4n) is 4.90. The van der Waals surface area contributed by atoms with Crippen molar-refractivity contribution in [2.75, 3.05) is 33.4 Å². The summed E-state index contributed by atoms with van der Waals surface area (Å²) in [6, 6.07) is 9.55. The zero-order chi connectivity index (χ0) is 23.8. The number of hydrogen-bond donors (Lipinski definition) is 0. The predicted octanol–water partition coefficient (Wildman–Crippen LogP) is 3.44. The third-order valence-corrected chi connectivity index (χ3v) is 8.61. The molecule has 2 aromatic carbocycles. The Balaban J connectivity index is 1.39. The van der Waals surface area contributed by atoms with Gasteiger partial charge in [-0.3, -0.25) is 4.79 Å². The molecule has 0 N–H and O–H groups in total. The van der Waals surface area contributed by atoms with E-state index in [1.54, 1.807) is 11.9 Å². The van der Waals surface area contributed by atoms with E-state index in [4.69, 9.17) is 9.47 Å². The first kappa shape index (κ1) is 23.6. The number of hydrogen-bond acceptors (Lipinski definition) is 5. The topological polar surface area (TPSA) is 76.2 Å². The summed E-state index contributed by atoms with van der Waals surface area (Å²) < 4.78 is 39.4. The van der Waals surface area contributed by atoms with Crippen molar-refractivity contribution >= 4 is 15.9 Å². The summed E-state index contributed by atoms with van der Waals surface area (Å²) in [5.41, 5.74) is 3.56. The van der Waals surface area contributed by atoms with Gasteiger partial charge in [-0.1, -0.05) is 23.8 Å². The maximum absolute atomic E-state index is 13.3. The molecule has 178 valence electrons. The third kappa shape index (κ3) is 4.87. The molecule has 1 amide bonds. The molecule has 0 aliphatic carbocycles. The number of benzene rings is 2. The summed E-state index contributed by atoms with van der Waals surface area (Å²) in [7, 11) is -1.79. The van der Waals surface area contributed by atoms with E-state index in [0.29, 0.717) is 56.3 Å². The highest BCUT2D eigenvalue weighted by Gasteiger charge is 2.34. The molecule has 0 atom stereocenters. The number of piperidine rings is 1. The zero-order valence-corrected chi connectivity index (χ0v) is 20.6. The Kier molecular flexibility index (Phi) is 6.68. The standard InChI is InChI=1S/C25H32N2O5S/c1-17-13-18(2)24(19(3)14-17)33(29,30)27-9-7-21(8-10-27)25(28)26(4)16-20-5-6-22-23(15-20)32-12-11-31-22/h5-6,13-15,21H,7-12,16H2,1-4H3. The number of carbonyl (C=O) groups excluding carboxylic acids is 1. The lowest BCUT2D eigenvalue weighted by molar-refractivity contribution is -0.135. The van der Waals surface area contributed by atoms with Crippen molar-refractivity contribution in [3.05, 3.63) is 52.6 Å². The van der Waals surface area contributed by atoms with Gasteiger partial charge in [-0.05, 0) is 62.4 Å². The summed E-state index contributed by atoms with van der Waals surface area (Å²) in [6.45, 7) is 7.89. The van der Waals surface area contributed by atoms with Crippen LogP contribution in [0.5, 0.6) is 11.5 Å². The number of carbonyl (C=O) groups is 1. The fraction of sp³-hybridized carbons (Fsp3) is 0.480. The van der Waals surface area contributed by atoms with Crippen molar-refractivity contribution in [3.8, 4) is 11.5 Å². The van der Waals surface area contributed by atoms with Gasteiger partial charge in [-0.15, -0.1) is 0 Å². The minimum Gasteiger partial charge on any atom is -0.486 e. The van der Waals surface area contributed by atoms with Crippen molar-refractivity contribution < 1.29 is 22.7 Å². The van der Waals surface area contributed by atoms with Crippen LogP contribution in [-0.4, -0.2) is 56.9 Å². The molecule has 1 fully saturated rings. The highest BCUT2D eigenvalue weighted by atomic mass is 32.2. The quantitative estimate of drug-likeness (QED) is 0.666. The van der Waals surface area contributed by atoms with Crippen molar-refractivity contribution in [1.82, 2.24) is 9.21 Å². The van der Waals surface area contributed by atoms with E-state index < -0.39 is 10.0 Å². The molecular formula is C25H32N2O5S. The summed E-state index contributed by atoms with van der Waals surface area (Å²) in [4.78, 5) is 15.2. The summed E-state index contributed by atoms with van der Waals surface area (Å²) in [5.74, 6) is 1.30. The van der Waals surface area contributed by atoms with E-state index in [2.05, 4.69) is 0 Å². The summed E-state index contributed by atoms with van der Waals surface area (Å²) in [5, 5.41) is 0. The van der Waals surface area contributed by atoms with E-state index in [1.807, 2.05) is 51.1 Å². The molecule has 0 bridgehead atoms. The molecule has 0 aromatic heterocycles. The number of ether oxygens (including phenoxy) is 2. The Morgan fingerprint density at radius 2 is 1.61 bits per heavy atom. The first-order valence-electron chi connectivity index (χ1n) is 11.4. The first-order valence-corrected chi connectivity index (χ1v) is 12.8. The van der Waals surface area contributed by atoms with E-state index in [1.165, 1.54) is 4.31 Å². The van der Waals surface area contributed by atoms with Crippen LogP contribution in [0.3, 0.4) is 0 Å². The Morgan fingerprint density at radius 1 is 1.00 bits per heavy atom. The molecule has 0 unspecified atom stereocenters. The van der Waals surface area contributed by atoms with Crippen molar-refractivity contribution in [3.63, 3.8) is 0 Å². The van der Waals surface area contributed by atoms with Crippen LogP contribution < -0.4 is 9.47 Å². The minimum absolute atomic E-state index is 0.0460. The second-order valence-electron chi connectivity index (χ2n) is 9.08. The third-order valence-electron chi connectivity index (χ3n) is 6.41. The van der Waals surface area contributed by atoms with Crippen LogP contribution >= 0.6 is 0 Å². The summed E-state index contributed by atoms with van der Waals surface area (Å²) >= 11 is 0. The Morgan fingerprint density at radius 3 is 2.24 bits per heavy atom. The molecule has 4 rings (SSSR count). The van der Waals surface area contributed by atoms with Crippen molar-refractivity contribution in [1.29, 1.82) is 0 Å². The van der Waals surface area contributed by atoms with Crippen molar-refractivity contribution in [2.24, 2.45) is 5.92 Å². The number of amides is 1. The van der Waals surface area contributed by atoms with Gasteiger partial charge in [0.05, 0.1) is 4.90 Å². The van der Waals surface area contributed by atoms with Crippen LogP contribution in [0.25, 0.3) is 0 Å². The maximum Gasteiger partial charge on any atom is 0.243 e. The average molecular weight is 473 g/mol. The van der Waals surface area contributed by atoms with Gasteiger partial charge in [0.1, 0.15) is 13.2 Å². The lowest BCUT2D eigenvalue weighted by atomic mass is 9.96. The maximum atomic E-state index is 13.3. The number of aryl methyl sites for hydroxylation is 3. The number of nitrogens with zero attached hydrogens (tertiary/aromatic N) is 2. The second-order valence-corrected chi connectivity index (χ2v) is 11.0. The highest BCUT2D eigenvalue weighted by Crippen LogP contribution is 2.32. The normalized spacial score (nSPS) is 17.1. The Hall–Kier alpha value is -2.58. The number of fused-ring (bicyclic) bond motifs is 1. The monoisotopic (exact) mass is 472 g/mol. The first-order chi connectivity index (χ1) is 15.7. The molecule has 7 nitrogen and oxygen atoms in total. The van der Waals surface area contributed by atoms with Gasteiger partial charge in [-0.2, -0.15) is 4.31 Å². The van der Waals surface area contributed by atoms with E-state index >= 15 is 0 Å².